The Labute approximate surface area is 245 Å². The van der Waals surface area contributed by atoms with Crippen LogP contribution in [-0.4, -0.2) is 56.2 Å². The molecule has 1 unspecified atom stereocenters. The molecule has 42 heavy (non-hydrogen) atoms. The van der Waals surface area contributed by atoms with Crippen LogP contribution in [0.2, 0.25) is 0 Å². The van der Waals surface area contributed by atoms with Crippen LogP contribution in [0.1, 0.15) is 105 Å². The van der Waals surface area contributed by atoms with Gasteiger partial charge in [-0.1, -0.05) is 49.6 Å². The molecule has 3 rings (SSSR count). The predicted octanol–water partition coefficient (Wildman–Crippen LogP) is 7.71. The second-order valence-electron chi connectivity index (χ2n) is 14.2. The third-order valence-corrected chi connectivity index (χ3v) is 10.2. The minimum Gasteiger partial charge on any atom is -0.393 e. The van der Waals surface area contributed by atoms with Crippen LogP contribution < -0.4 is 0 Å². The van der Waals surface area contributed by atoms with Crippen molar-refractivity contribution in [3.8, 4) is 0 Å². The molecule has 6 atom stereocenters. The van der Waals surface area contributed by atoms with Gasteiger partial charge in [-0.3, -0.25) is 0 Å². The van der Waals surface area contributed by atoms with Crippen molar-refractivity contribution in [2.24, 2.45) is 22.7 Å². The molecule has 3 aliphatic rings. The molecule has 10 heteroatoms. The fourth-order valence-corrected chi connectivity index (χ4v) is 8.11. The van der Waals surface area contributed by atoms with E-state index in [9.17, 15) is 46.8 Å². The van der Waals surface area contributed by atoms with Gasteiger partial charge in [-0.15, -0.1) is 0 Å². The molecule has 0 amide bonds. The molecule has 242 valence electrons. The monoisotopic (exact) mass is 610 g/mol. The van der Waals surface area contributed by atoms with Crippen molar-refractivity contribution < 1.29 is 46.8 Å². The Morgan fingerprint density at radius 3 is 2.02 bits per heavy atom. The van der Waals surface area contributed by atoms with E-state index in [0.29, 0.717) is 38.5 Å². The summed E-state index contributed by atoms with van der Waals surface area (Å²) in [5.41, 5.74) is -4.53. The van der Waals surface area contributed by atoms with E-state index < -0.39 is 41.2 Å². The average molecular weight is 611 g/mol. The summed E-state index contributed by atoms with van der Waals surface area (Å²) in [5, 5.41) is 40.1. The molecule has 3 fully saturated rings. The number of aliphatic hydroxyl groups excluding tert-OH is 2. The zero-order valence-electron chi connectivity index (χ0n) is 25.2. The maximum atomic E-state index is 13.3. The third-order valence-electron chi connectivity index (χ3n) is 10.2. The van der Waals surface area contributed by atoms with Gasteiger partial charge in [0.2, 0.25) is 0 Å². The normalized spacial score (nSPS) is 33.4. The van der Waals surface area contributed by atoms with Crippen LogP contribution in [-0.2, 0) is 0 Å². The SMILES string of the molecule is CC(C)(O)CCC[C@](C)(C/C=C/C(O)(C(F)(F)F)C(F)(F)F)[C@H]1CC[C@H]2/C(=C/C=C3\CC(O)C[C@H](O)C3)CCC[C@]12C. The standard InChI is InChI=1S/C32H48F6O4/c1-27(2,41)13-6-14-28(3,15-7-17-30(42,31(33,34)35)32(36,37)38)26-12-11-25-22(8-5-16-29(25,26)4)10-9-21-18-23(39)20-24(40)19-21/h7,9-10,17,23-26,39-42H,5-6,8,11-16,18-20H2,1-4H3/b17-7+,21-9-,22-10+/t23-,24?,25+,26-,28-,29+/m1/s1. The Hall–Kier alpha value is -1.36. The van der Waals surface area contributed by atoms with Crippen molar-refractivity contribution in [2.45, 2.75) is 141 Å². The summed E-state index contributed by atoms with van der Waals surface area (Å²) in [6, 6.07) is 0. The highest BCUT2D eigenvalue weighted by Gasteiger charge is 2.69. The summed E-state index contributed by atoms with van der Waals surface area (Å²) in [4.78, 5) is 0. The van der Waals surface area contributed by atoms with E-state index in [0.717, 1.165) is 43.8 Å². The first-order valence-corrected chi connectivity index (χ1v) is 15.1. The summed E-state index contributed by atoms with van der Waals surface area (Å²) in [5.74, 6) is 0.201. The summed E-state index contributed by atoms with van der Waals surface area (Å²) >= 11 is 0. The zero-order chi connectivity index (χ0) is 31.8. The molecule has 0 bridgehead atoms. The van der Waals surface area contributed by atoms with Crippen LogP contribution in [0.25, 0.3) is 0 Å². The summed E-state index contributed by atoms with van der Waals surface area (Å²) in [6.45, 7) is 7.44. The van der Waals surface area contributed by atoms with E-state index in [-0.39, 0.29) is 29.7 Å². The van der Waals surface area contributed by atoms with Gasteiger partial charge in [0.1, 0.15) is 0 Å². The lowest BCUT2D eigenvalue weighted by Gasteiger charge is -2.49. The van der Waals surface area contributed by atoms with E-state index in [1.54, 1.807) is 13.8 Å². The predicted molar refractivity (Wildman–Crippen MR) is 149 cm³/mol. The van der Waals surface area contributed by atoms with Crippen LogP contribution >= 0.6 is 0 Å². The van der Waals surface area contributed by atoms with E-state index in [4.69, 9.17) is 0 Å². The van der Waals surface area contributed by atoms with Gasteiger partial charge < -0.3 is 20.4 Å². The van der Waals surface area contributed by atoms with E-state index in [2.05, 4.69) is 13.0 Å². The third kappa shape index (κ3) is 7.83. The molecule has 3 saturated carbocycles. The fourth-order valence-electron chi connectivity index (χ4n) is 8.11. The first-order valence-electron chi connectivity index (χ1n) is 15.1. The minimum atomic E-state index is -5.91. The highest BCUT2D eigenvalue weighted by molar-refractivity contribution is 5.27. The minimum absolute atomic E-state index is 0.000925. The number of allylic oxidation sites excluding steroid dienone is 4. The summed E-state index contributed by atoms with van der Waals surface area (Å²) in [6.07, 6.45) is -1.06. The van der Waals surface area contributed by atoms with Crippen LogP contribution in [0.5, 0.6) is 0 Å². The molecule has 0 aromatic carbocycles. The molecule has 0 aromatic heterocycles. The topological polar surface area (TPSA) is 80.9 Å². The van der Waals surface area contributed by atoms with E-state index in [1.165, 1.54) is 5.57 Å². The average Bonchev–Trinajstić information content (AvgIpc) is 3.18. The Morgan fingerprint density at radius 1 is 0.881 bits per heavy atom. The zero-order valence-corrected chi connectivity index (χ0v) is 25.2. The van der Waals surface area contributed by atoms with Gasteiger partial charge in [0.25, 0.3) is 5.60 Å². The highest BCUT2D eigenvalue weighted by atomic mass is 19.4. The van der Waals surface area contributed by atoms with Crippen LogP contribution in [0.15, 0.2) is 35.5 Å². The molecule has 0 aromatic rings. The Bertz CT molecular complexity index is 997. The first-order chi connectivity index (χ1) is 19.1. The molecule has 3 aliphatic carbocycles. The van der Waals surface area contributed by atoms with Crippen LogP contribution in [0.3, 0.4) is 0 Å². The number of halogens is 6. The molecule has 0 heterocycles. The lowest BCUT2D eigenvalue weighted by Crippen LogP contribution is -2.55. The van der Waals surface area contributed by atoms with Gasteiger partial charge >= 0.3 is 12.4 Å². The fraction of sp³-hybridized carbons (Fsp3) is 0.812. The lowest BCUT2D eigenvalue weighted by atomic mass is 9.55. The largest absolute Gasteiger partial charge is 0.429 e. The van der Waals surface area contributed by atoms with Gasteiger partial charge in [-0.25, -0.2) is 0 Å². The quantitative estimate of drug-likeness (QED) is 0.159. The maximum absolute atomic E-state index is 13.3. The number of hydrogen-bond acceptors (Lipinski definition) is 4. The summed E-state index contributed by atoms with van der Waals surface area (Å²) in [7, 11) is 0. The van der Waals surface area contributed by atoms with Crippen LogP contribution in [0.4, 0.5) is 26.3 Å². The first kappa shape index (κ1) is 35.1. The molecular formula is C32H48F6O4. The van der Waals surface area contributed by atoms with Gasteiger partial charge in [-0.05, 0) is 113 Å². The molecule has 0 radical (unpaired) electrons. The van der Waals surface area contributed by atoms with Crippen molar-refractivity contribution >= 4 is 0 Å². The molecule has 4 N–H and O–H groups in total. The second kappa shape index (κ2) is 12.6. The Balaban J connectivity index is 1.91. The second-order valence-corrected chi connectivity index (χ2v) is 14.2. The molecule has 4 nitrogen and oxygen atoms in total. The molecule has 0 aliphatic heterocycles. The van der Waals surface area contributed by atoms with Gasteiger partial charge in [-0.2, -0.15) is 26.3 Å². The molecular weight excluding hydrogens is 562 g/mol. The number of hydrogen-bond donors (Lipinski definition) is 4. The van der Waals surface area contributed by atoms with Crippen molar-refractivity contribution in [3.05, 3.63) is 35.5 Å². The Morgan fingerprint density at radius 2 is 1.48 bits per heavy atom. The van der Waals surface area contributed by atoms with Gasteiger partial charge in [0.15, 0.2) is 0 Å². The van der Waals surface area contributed by atoms with Gasteiger partial charge in [0, 0.05) is 0 Å². The van der Waals surface area contributed by atoms with Crippen molar-refractivity contribution in [3.63, 3.8) is 0 Å². The smallest absolute Gasteiger partial charge is 0.393 e. The maximum Gasteiger partial charge on any atom is 0.429 e. The number of aliphatic hydroxyl groups is 4. The number of fused-ring (bicyclic) bond motifs is 1. The Kier molecular flexibility index (Phi) is 10.5. The van der Waals surface area contributed by atoms with E-state index in [1.807, 2.05) is 13.0 Å². The van der Waals surface area contributed by atoms with Crippen molar-refractivity contribution in [2.75, 3.05) is 0 Å². The summed E-state index contributed by atoms with van der Waals surface area (Å²) < 4.78 is 80.1. The van der Waals surface area contributed by atoms with Crippen molar-refractivity contribution in [1.29, 1.82) is 0 Å². The number of rotatable bonds is 9. The van der Waals surface area contributed by atoms with Crippen molar-refractivity contribution in [1.82, 2.24) is 0 Å². The van der Waals surface area contributed by atoms with Gasteiger partial charge in [0.05, 0.1) is 17.8 Å². The number of alkyl halides is 6. The van der Waals surface area contributed by atoms with Crippen LogP contribution in [0, 0.1) is 22.7 Å². The van der Waals surface area contributed by atoms with E-state index >= 15 is 0 Å². The molecule has 0 saturated heterocycles. The highest BCUT2D eigenvalue weighted by Crippen LogP contribution is 2.64. The lowest BCUT2D eigenvalue weighted by molar-refractivity contribution is -0.347. The molecule has 0 spiro atoms.